The van der Waals surface area contributed by atoms with Crippen LogP contribution in [-0.2, 0) is 16.6 Å². The van der Waals surface area contributed by atoms with Crippen LogP contribution in [0.25, 0.3) is 0 Å². The Hall–Kier alpha value is -0.920. The number of aromatic nitrogens is 2. The standard InChI is InChI=1S/C11H19N3O3S/c1-8-9(6-15)10(13-12-8)18(16,17)14-5-4-11(2,3)7-14/h15H,4-7H2,1-3H3,(H,12,13). The first-order chi connectivity index (χ1) is 8.28. The lowest BCUT2D eigenvalue weighted by Crippen LogP contribution is -2.31. The fourth-order valence-electron chi connectivity index (χ4n) is 2.22. The number of aliphatic hydroxyl groups is 1. The summed E-state index contributed by atoms with van der Waals surface area (Å²) in [5.41, 5.74) is 0.951. The molecule has 0 unspecified atom stereocenters. The van der Waals surface area contributed by atoms with E-state index in [1.165, 1.54) is 4.31 Å². The summed E-state index contributed by atoms with van der Waals surface area (Å²) in [5, 5.41) is 15.7. The lowest BCUT2D eigenvalue weighted by atomic mass is 9.93. The third-order valence-corrected chi connectivity index (χ3v) is 5.24. The summed E-state index contributed by atoms with van der Waals surface area (Å²) in [6.07, 6.45) is 0.837. The van der Waals surface area contributed by atoms with Gasteiger partial charge in [-0.2, -0.15) is 9.40 Å². The van der Waals surface area contributed by atoms with Gasteiger partial charge in [0.25, 0.3) is 10.0 Å². The summed E-state index contributed by atoms with van der Waals surface area (Å²) in [7, 11) is -3.60. The SMILES string of the molecule is Cc1[nH]nc(S(=O)(=O)N2CCC(C)(C)C2)c1CO. The first kappa shape index (κ1) is 13.5. The highest BCUT2D eigenvalue weighted by Gasteiger charge is 2.39. The minimum atomic E-state index is -3.60. The first-order valence-corrected chi connectivity index (χ1v) is 7.37. The highest BCUT2D eigenvalue weighted by molar-refractivity contribution is 7.89. The van der Waals surface area contributed by atoms with Crippen molar-refractivity contribution in [2.45, 2.75) is 38.8 Å². The maximum Gasteiger partial charge on any atom is 0.262 e. The molecule has 0 saturated carbocycles. The molecule has 7 heteroatoms. The summed E-state index contributed by atoms with van der Waals surface area (Å²) in [6.45, 7) is 6.47. The van der Waals surface area contributed by atoms with Crippen molar-refractivity contribution in [2.24, 2.45) is 5.41 Å². The molecule has 102 valence electrons. The first-order valence-electron chi connectivity index (χ1n) is 5.93. The highest BCUT2D eigenvalue weighted by atomic mass is 32.2. The monoisotopic (exact) mass is 273 g/mol. The van der Waals surface area contributed by atoms with Crippen LogP contribution < -0.4 is 0 Å². The molecule has 0 spiro atoms. The van der Waals surface area contributed by atoms with E-state index in [1.54, 1.807) is 6.92 Å². The summed E-state index contributed by atoms with van der Waals surface area (Å²) >= 11 is 0. The Bertz CT molecular complexity index is 548. The van der Waals surface area contributed by atoms with E-state index in [0.29, 0.717) is 24.3 Å². The van der Waals surface area contributed by atoms with Crippen molar-refractivity contribution in [1.82, 2.24) is 14.5 Å². The molecule has 1 aliphatic rings. The van der Waals surface area contributed by atoms with E-state index in [0.717, 1.165) is 6.42 Å². The smallest absolute Gasteiger partial charge is 0.262 e. The zero-order valence-corrected chi connectivity index (χ0v) is 11.7. The van der Waals surface area contributed by atoms with Crippen molar-refractivity contribution in [3.05, 3.63) is 11.3 Å². The van der Waals surface area contributed by atoms with Crippen LogP contribution in [0.3, 0.4) is 0 Å². The molecule has 0 aliphatic carbocycles. The van der Waals surface area contributed by atoms with E-state index in [4.69, 9.17) is 0 Å². The Morgan fingerprint density at radius 2 is 2.17 bits per heavy atom. The van der Waals surface area contributed by atoms with E-state index in [-0.39, 0.29) is 17.0 Å². The summed E-state index contributed by atoms with van der Waals surface area (Å²) < 4.78 is 26.3. The van der Waals surface area contributed by atoms with Crippen LogP contribution in [0.1, 0.15) is 31.5 Å². The lowest BCUT2D eigenvalue weighted by Gasteiger charge is -2.19. The van der Waals surface area contributed by atoms with Crippen molar-refractivity contribution in [1.29, 1.82) is 0 Å². The fraction of sp³-hybridized carbons (Fsp3) is 0.727. The van der Waals surface area contributed by atoms with E-state index in [1.807, 2.05) is 13.8 Å². The number of hydrogen-bond acceptors (Lipinski definition) is 4. The highest BCUT2D eigenvalue weighted by Crippen LogP contribution is 2.33. The van der Waals surface area contributed by atoms with Crippen LogP contribution in [0.5, 0.6) is 0 Å². The normalized spacial score (nSPS) is 20.4. The number of sulfonamides is 1. The zero-order valence-electron chi connectivity index (χ0n) is 10.9. The average Bonchev–Trinajstić information content (AvgIpc) is 2.81. The van der Waals surface area contributed by atoms with Gasteiger partial charge < -0.3 is 5.11 Å². The number of aromatic amines is 1. The molecular weight excluding hydrogens is 254 g/mol. The molecule has 1 aliphatic heterocycles. The number of aryl methyl sites for hydroxylation is 1. The van der Waals surface area contributed by atoms with Gasteiger partial charge in [0.05, 0.1) is 6.61 Å². The number of H-pyrrole nitrogens is 1. The molecule has 2 N–H and O–H groups in total. The summed E-state index contributed by atoms with van der Waals surface area (Å²) in [5.74, 6) is 0. The minimum absolute atomic E-state index is 0.00218. The largest absolute Gasteiger partial charge is 0.392 e. The number of nitrogens with one attached hydrogen (secondary N) is 1. The van der Waals surface area contributed by atoms with Crippen LogP contribution in [0.15, 0.2) is 5.03 Å². The Kier molecular flexibility index (Phi) is 3.25. The second-order valence-corrected chi connectivity index (χ2v) is 7.40. The molecule has 0 amide bonds. The van der Waals surface area contributed by atoms with Crippen LogP contribution in [0.2, 0.25) is 0 Å². The molecule has 0 atom stereocenters. The molecule has 0 radical (unpaired) electrons. The molecule has 18 heavy (non-hydrogen) atoms. The Morgan fingerprint density at radius 1 is 1.50 bits per heavy atom. The third kappa shape index (κ3) is 2.17. The van der Waals surface area contributed by atoms with Gasteiger partial charge in [0.2, 0.25) is 0 Å². The molecular formula is C11H19N3O3S. The van der Waals surface area contributed by atoms with Crippen molar-refractivity contribution in [2.75, 3.05) is 13.1 Å². The third-order valence-electron chi connectivity index (χ3n) is 3.42. The van der Waals surface area contributed by atoms with Gasteiger partial charge in [-0.25, -0.2) is 8.42 Å². The molecule has 2 heterocycles. The summed E-state index contributed by atoms with van der Waals surface area (Å²) in [4.78, 5) is 0. The van der Waals surface area contributed by atoms with Gasteiger partial charge in [0.15, 0.2) is 5.03 Å². The molecule has 1 saturated heterocycles. The Labute approximate surface area is 107 Å². The van der Waals surface area contributed by atoms with Crippen molar-refractivity contribution in [3.63, 3.8) is 0 Å². The number of hydrogen-bond donors (Lipinski definition) is 2. The molecule has 6 nitrogen and oxygen atoms in total. The van der Waals surface area contributed by atoms with E-state index in [9.17, 15) is 13.5 Å². The van der Waals surface area contributed by atoms with Crippen molar-refractivity contribution in [3.8, 4) is 0 Å². The Morgan fingerprint density at radius 3 is 2.67 bits per heavy atom. The zero-order chi connectivity index (χ0) is 13.6. The number of rotatable bonds is 3. The summed E-state index contributed by atoms with van der Waals surface area (Å²) in [6, 6.07) is 0. The molecule has 0 aromatic carbocycles. The maximum atomic E-state index is 12.4. The molecule has 1 aromatic heterocycles. The second-order valence-electron chi connectivity index (χ2n) is 5.54. The van der Waals surface area contributed by atoms with Crippen LogP contribution in [0, 0.1) is 12.3 Å². The van der Waals surface area contributed by atoms with Gasteiger partial charge in [-0.15, -0.1) is 0 Å². The van der Waals surface area contributed by atoms with Gasteiger partial charge in [-0.05, 0) is 18.8 Å². The molecule has 1 fully saturated rings. The van der Waals surface area contributed by atoms with E-state index < -0.39 is 10.0 Å². The molecule has 0 bridgehead atoms. The number of aliphatic hydroxyl groups excluding tert-OH is 1. The van der Waals surface area contributed by atoms with E-state index in [2.05, 4.69) is 10.2 Å². The number of nitrogens with zero attached hydrogens (tertiary/aromatic N) is 2. The maximum absolute atomic E-state index is 12.4. The van der Waals surface area contributed by atoms with Gasteiger partial charge in [0.1, 0.15) is 0 Å². The van der Waals surface area contributed by atoms with E-state index >= 15 is 0 Å². The van der Waals surface area contributed by atoms with Crippen LogP contribution in [0.4, 0.5) is 0 Å². The van der Waals surface area contributed by atoms with Gasteiger partial charge in [0, 0.05) is 24.3 Å². The van der Waals surface area contributed by atoms with Crippen molar-refractivity contribution >= 4 is 10.0 Å². The van der Waals surface area contributed by atoms with Gasteiger partial charge in [-0.1, -0.05) is 13.8 Å². The molecule has 2 rings (SSSR count). The minimum Gasteiger partial charge on any atom is -0.392 e. The predicted octanol–water partition coefficient (Wildman–Crippen LogP) is 0.631. The lowest BCUT2D eigenvalue weighted by molar-refractivity contribution is 0.277. The fourth-order valence-corrected chi connectivity index (χ4v) is 4.01. The molecule has 1 aromatic rings. The van der Waals surface area contributed by atoms with Crippen LogP contribution >= 0.6 is 0 Å². The average molecular weight is 273 g/mol. The second kappa shape index (κ2) is 4.32. The van der Waals surface area contributed by atoms with Gasteiger partial charge >= 0.3 is 0 Å². The van der Waals surface area contributed by atoms with Crippen LogP contribution in [-0.4, -0.2) is 41.1 Å². The topological polar surface area (TPSA) is 86.3 Å². The Balaban J connectivity index is 2.37. The van der Waals surface area contributed by atoms with Gasteiger partial charge in [-0.3, -0.25) is 5.10 Å². The van der Waals surface area contributed by atoms with Crippen molar-refractivity contribution < 1.29 is 13.5 Å². The predicted molar refractivity (Wildman–Crippen MR) is 66.4 cm³/mol. The quantitative estimate of drug-likeness (QED) is 0.845.